The van der Waals surface area contributed by atoms with Crippen LogP contribution >= 0.6 is 0 Å². The zero-order valence-corrected chi connectivity index (χ0v) is 13.4. The second kappa shape index (κ2) is 8.29. The van der Waals surface area contributed by atoms with Gasteiger partial charge in [-0.05, 0) is 43.9 Å². The molecule has 0 saturated heterocycles. The molecule has 0 aromatic heterocycles. The molecule has 1 rings (SSSR count). The predicted molar refractivity (Wildman–Crippen MR) is 84.2 cm³/mol. The van der Waals surface area contributed by atoms with Gasteiger partial charge in [0.05, 0.1) is 14.2 Å². The molecule has 0 unspecified atom stereocenters. The van der Waals surface area contributed by atoms with Crippen LogP contribution in [0.5, 0.6) is 11.5 Å². The van der Waals surface area contributed by atoms with E-state index in [1.807, 2.05) is 6.92 Å². The number of nitrogens with one attached hydrogen (secondary N) is 1. The number of hydrazone groups is 1. The van der Waals surface area contributed by atoms with Gasteiger partial charge in [-0.1, -0.05) is 13.8 Å². The van der Waals surface area contributed by atoms with Crippen LogP contribution in [0.4, 0.5) is 0 Å². The monoisotopic (exact) mass is 292 g/mol. The number of nitrogens with zero attached hydrogens (tertiary/aromatic N) is 1. The Morgan fingerprint density at radius 3 is 2.48 bits per heavy atom. The Bertz CT molecular complexity index is 510. The van der Waals surface area contributed by atoms with Gasteiger partial charge in [0.2, 0.25) is 0 Å². The topological polar surface area (TPSA) is 59.9 Å². The van der Waals surface area contributed by atoms with Crippen molar-refractivity contribution < 1.29 is 14.3 Å². The molecule has 0 radical (unpaired) electrons. The van der Waals surface area contributed by atoms with Gasteiger partial charge in [0.25, 0.3) is 5.91 Å². The number of benzene rings is 1. The third kappa shape index (κ3) is 5.45. The minimum absolute atomic E-state index is 0.264. The molecular weight excluding hydrogens is 268 g/mol. The van der Waals surface area contributed by atoms with Crippen LogP contribution in [0.1, 0.15) is 44.0 Å². The first-order chi connectivity index (χ1) is 9.97. The maximum Gasteiger partial charge on any atom is 0.271 e. The summed E-state index contributed by atoms with van der Waals surface area (Å²) < 4.78 is 10.3. The van der Waals surface area contributed by atoms with Gasteiger partial charge >= 0.3 is 0 Å². The van der Waals surface area contributed by atoms with Crippen LogP contribution in [0.15, 0.2) is 23.3 Å². The van der Waals surface area contributed by atoms with Crippen LogP contribution in [0.2, 0.25) is 0 Å². The highest BCUT2D eigenvalue weighted by Crippen LogP contribution is 2.27. The second-order valence-corrected chi connectivity index (χ2v) is 5.29. The lowest BCUT2D eigenvalue weighted by atomic mass is 10.1. The third-order valence-corrected chi connectivity index (χ3v) is 3.08. The summed E-state index contributed by atoms with van der Waals surface area (Å²) in [6, 6.07) is 5.01. The maximum absolute atomic E-state index is 12.0. The number of rotatable bonds is 7. The van der Waals surface area contributed by atoms with Gasteiger partial charge in [-0.25, -0.2) is 5.43 Å². The Balaban J connectivity index is 2.69. The molecule has 0 heterocycles. The summed E-state index contributed by atoms with van der Waals surface area (Å²) >= 11 is 0. The lowest BCUT2D eigenvalue weighted by molar-refractivity contribution is 0.0954. The van der Waals surface area contributed by atoms with E-state index in [0.717, 1.165) is 18.6 Å². The Morgan fingerprint density at radius 1 is 1.24 bits per heavy atom. The third-order valence-electron chi connectivity index (χ3n) is 3.08. The van der Waals surface area contributed by atoms with E-state index < -0.39 is 0 Å². The predicted octanol–water partition coefficient (Wildman–Crippen LogP) is 3.25. The minimum atomic E-state index is -0.264. The van der Waals surface area contributed by atoms with E-state index in [2.05, 4.69) is 24.4 Å². The van der Waals surface area contributed by atoms with Crippen molar-refractivity contribution in [3.8, 4) is 11.5 Å². The average molecular weight is 292 g/mol. The van der Waals surface area contributed by atoms with E-state index in [1.54, 1.807) is 25.3 Å². The van der Waals surface area contributed by atoms with Crippen molar-refractivity contribution in [3.05, 3.63) is 23.8 Å². The zero-order chi connectivity index (χ0) is 15.8. The first-order valence-electron chi connectivity index (χ1n) is 7.03. The molecule has 1 aromatic carbocycles. The number of amides is 1. The normalized spacial score (nSPS) is 11.4. The number of carbonyl (C=O) groups is 1. The fourth-order valence-corrected chi connectivity index (χ4v) is 1.74. The lowest BCUT2D eigenvalue weighted by Crippen LogP contribution is -2.19. The van der Waals surface area contributed by atoms with Gasteiger partial charge in [-0.15, -0.1) is 0 Å². The highest BCUT2D eigenvalue weighted by Gasteiger charge is 2.10. The van der Waals surface area contributed by atoms with E-state index in [0.29, 0.717) is 23.0 Å². The van der Waals surface area contributed by atoms with Crippen LogP contribution in [-0.4, -0.2) is 25.8 Å². The molecule has 1 N–H and O–H groups in total. The summed E-state index contributed by atoms with van der Waals surface area (Å²) in [5, 5.41) is 4.12. The van der Waals surface area contributed by atoms with Crippen LogP contribution in [0.25, 0.3) is 0 Å². The summed E-state index contributed by atoms with van der Waals surface area (Å²) in [4.78, 5) is 12.0. The van der Waals surface area contributed by atoms with E-state index in [9.17, 15) is 4.79 Å². The second-order valence-electron chi connectivity index (χ2n) is 5.29. The van der Waals surface area contributed by atoms with Crippen molar-refractivity contribution >= 4 is 11.6 Å². The molecule has 0 bridgehead atoms. The van der Waals surface area contributed by atoms with Crippen LogP contribution in [0.3, 0.4) is 0 Å². The molecule has 0 aliphatic heterocycles. The molecule has 0 atom stereocenters. The lowest BCUT2D eigenvalue weighted by Gasteiger charge is -2.09. The number of hydrogen-bond donors (Lipinski definition) is 1. The number of ether oxygens (including phenoxy) is 2. The van der Waals surface area contributed by atoms with Gasteiger partial charge in [0.1, 0.15) is 0 Å². The smallest absolute Gasteiger partial charge is 0.271 e. The zero-order valence-electron chi connectivity index (χ0n) is 13.4. The van der Waals surface area contributed by atoms with Crippen molar-refractivity contribution in [1.82, 2.24) is 5.43 Å². The van der Waals surface area contributed by atoms with Crippen LogP contribution in [0, 0.1) is 5.92 Å². The molecule has 116 valence electrons. The molecular formula is C16H24N2O3. The average Bonchev–Trinajstić information content (AvgIpc) is 2.49. The number of methoxy groups -OCH3 is 2. The van der Waals surface area contributed by atoms with Crippen molar-refractivity contribution in [1.29, 1.82) is 0 Å². The largest absolute Gasteiger partial charge is 0.493 e. The van der Waals surface area contributed by atoms with E-state index >= 15 is 0 Å². The molecule has 1 aromatic rings. The minimum Gasteiger partial charge on any atom is -0.493 e. The van der Waals surface area contributed by atoms with E-state index in [4.69, 9.17) is 9.47 Å². The van der Waals surface area contributed by atoms with Crippen molar-refractivity contribution in [2.45, 2.75) is 33.6 Å². The summed E-state index contributed by atoms with van der Waals surface area (Å²) in [6.45, 7) is 6.24. The maximum atomic E-state index is 12.0. The van der Waals surface area contributed by atoms with Gasteiger partial charge in [-0.2, -0.15) is 5.10 Å². The van der Waals surface area contributed by atoms with Crippen molar-refractivity contribution in [2.75, 3.05) is 14.2 Å². The molecule has 0 fully saturated rings. The molecule has 0 spiro atoms. The Kier molecular flexibility index (Phi) is 6.72. The summed E-state index contributed by atoms with van der Waals surface area (Å²) in [5.41, 5.74) is 3.96. The van der Waals surface area contributed by atoms with Gasteiger partial charge in [0.15, 0.2) is 11.5 Å². The van der Waals surface area contributed by atoms with Crippen molar-refractivity contribution in [2.24, 2.45) is 11.0 Å². The van der Waals surface area contributed by atoms with Crippen LogP contribution in [-0.2, 0) is 0 Å². The first kappa shape index (κ1) is 17.0. The van der Waals surface area contributed by atoms with Gasteiger partial charge in [-0.3, -0.25) is 4.79 Å². The van der Waals surface area contributed by atoms with Crippen LogP contribution < -0.4 is 14.9 Å². The molecule has 21 heavy (non-hydrogen) atoms. The van der Waals surface area contributed by atoms with Gasteiger partial charge < -0.3 is 9.47 Å². The highest BCUT2D eigenvalue weighted by molar-refractivity contribution is 5.95. The Labute approximate surface area is 126 Å². The molecule has 0 saturated carbocycles. The fraction of sp³-hybridized carbons (Fsp3) is 0.500. The molecule has 5 heteroatoms. The summed E-state index contributed by atoms with van der Waals surface area (Å²) in [7, 11) is 3.09. The number of carbonyl (C=O) groups excluding carboxylic acids is 1. The van der Waals surface area contributed by atoms with E-state index in [1.165, 1.54) is 7.11 Å². The molecule has 1 amide bonds. The Hall–Kier alpha value is -2.04. The van der Waals surface area contributed by atoms with Gasteiger partial charge in [0, 0.05) is 11.3 Å². The summed E-state index contributed by atoms with van der Waals surface area (Å²) in [6.07, 6.45) is 1.94. The SMILES string of the molecule is COc1ccc(C(=O)NN=C(C)CCC(C)C)cc1OC. The quantitative estimate of drug-likeness (QED) is 0.620. The van der Waals surface area contributed by atoms with Crippen molar-refractivity contribution in [3.63, 3.8) is 0 Å². The molecule has 5 nitrogen and oxygen atoms in total. The molecule has 0 aliphatic carbocycles. The summed E-state index contributed by atoms with van der Waals surface area (Å²) in [5.74, 6) is 1.47. The number of hydrogen-bond acceptors (Lipinski definition) is 4. The first-order valence-corrected chi connectivity index (χ1v) is 7.03. The highest BCUT2D eigenvalue weighted by atomic mass is 16.5. The fourth-order valence-electron chi connectivity index (χ4n) is 1.74. The Morgan fingerprint density at radius 2 is 1.90 bits per heavy atom. The van der Waals surface area contributed by atoms with E-state index in [-0.39, 0.29) is 5.91 Å². The standard InChI is InChI=1S/C16H24N2O3/c1-11(2)6-7-12(3)17-18-16(19)13-8-9-14(20-4)15(10-13)21-5/h8-11H,6-7H2,1-5H3,(H,18,19). The molecule has 0 aliphatic rings.